The number of aliphatic hydroxyl groups is 1. The van der Waals surface area contributed by atoms with Crippen molar-refractivity contribution in [3.63, 3.8) is 0 Å². The molecule has 1 aliphatic rings. The molecule has 0 amide bonds. The number of aliphatic hydroxyl groups excluding tert-OH is 1. The van der Waals surface area contributed by atoms with Crippen molar-refractivity contribution in [2.24, 2.45) is 0 Å². The summed E-state index contributed by atoms with van der Waals surface area (Å²) in [5.74, 6) is -0.363. The number of hydrogen-bond donors (Lipinski definition) is 1. The zero-order chi connectivity index (χ0) is 14.0. The highest BCUT2D eigenvalue weighted by Gasteiger charge is 2.49. The summed E-state index contributed by atoms with van der Waals surface area (Å²) < 4.78 is 17.1. The molecule has 1 aromatic rings. The molecule has 2 rings (SSSR count). The second kappa shape index (κ2) is 6.17. The van der Waals surface area contributed by atoms with E-state index in [-0.39, 0.29) is 12.6 Å². The predicted molar refractivity (Wildman–Crippen MR) is 69.0 cm³/mol. The molecular weight excluding hydrogens is 296 g/mol. The van der Waals surface area contributed by atoms with E-state index in [1.807, 2.05) is 0 Å². The third-order valence-electron chi connectivity index (χ3n) is 2.87. The van der Waals surface area contributed by atoms with Crippen molar-refractivity contribution in [2.45, 2.75) is 24.5 Å². The van der Waals surface area contributed by atoms with E-state index in [9.17, 15) is 15.2 Å². The van der Waals surface area contributed by atoms with Gasteiger partial charge in [0.25, 0.3) is 0 Å². The Hall–Kier alpha value is -0.690. The zero-order valence-corrected chi connectivity index (χ0v) is 12.0. The number of imidazole rings is 1. The first-order valence-electron chi connectivity index (χ1n) is 5.28. The van der Waals surface area contributed by atoms with Crippen LogP contribution in [0.3, 0.4) is 0 Å². The molecule has 1 fully saturated rings. The molecule has 1 N–H and O–H groups in total. The van der Waals surface area contributed by atoms with Gasteiger partial charge in [-0.3, -0.25) is 0 Å². The van der Waals surface area contributed by atoms with Gasteiger partial charge in [0, 0.05) is 18.9 Å². The van der Waals surface area contributed by atoms with E-state index in [0.29, 0.717) is 0 Å². The number of aromatic nitrogens is 2. The van der Waals surface area contributed by atoms with E-state index in [0.717, 1.165) is 0 Å². The third-order valence-corrected chi connectivity index (χ3v) is 3.49. The van der Waals surface area contributed by atoms with Gasteiger partial charge >= 0.3 is 5.95 Å². The minimum Gasteiger partial charge on any atom is -0.394 e. The lowest BCUT2D eigenvalue weighted by Crippen LogP contribution is -2.34. The van der Waals surface area contributed by atoms with Crippen LogP contribution in [-0.4, -0.2) is 44.5 Å². The molecule has 2 heterocycles. The molecule has 1 saturated heterocycles. The molecule has 1 aliphatic heterocycles. The van der Waals surface area contributed by atoms with Crippen molar-refractivity contribution in [3.8, 4) is 0 Å². The Morgan fingerprint density at radius 2 is 2.21 bits per heavy atom. The summed E-state index contributed by atoms with van der Waals surface area (Å²) in [4.78, 5) is 13.9. The normalized spacial score (nSPS) is 30.7. The summed E-state index contributed by atoms with van der Waals surface area (Å²) in [6.07, 6.45) is 0.0636. The topological polar surface area (TPSA) is 109 Å². The SMILES string of the molecule is O=[N+]([O-])c1nccn1C1OC(CO)C(OP)C1OP. The molecule has 6 atom stereocenters. The van der Waals surface area contributed by atoms with Gasteiger partial charge in [0.05, 0.1) is 6.61 Å². The van der Waals surface area contributed by atoms with Crippen LogP contribution in [0.1, 0.15) is 6.23 Å². The van der Waals surface area contributed by atoms with Crippen LogP contribution in [0.2, 0.25) is 0 Å². The highest BCUT2D eigenvalue weighted by Crippen LogP contribution is 2.37. The molecule has 19 heavy (non-hydrogen) atoms. The molecule has 0 aromatic carbocycles. The maximum atomic E-state index is 10.9. The molecule has 0 bridgehead atoms. The summed E-state index contributed by atoms with van der Waals surface area (Å²) in [6, 6.07) is 0. The van der Waals surface area contributed by atoms with Gasteiger partial charge in [-0.25, -0.2) is 0 Å². The van der Waals surface area contributed by atoms with Crippen molar-refractivity contribution in [1.82, 2.24) is 9.55 Å². The van der Waals surface area contributed by atoms with Gasteiger partial charge in [0.15, 0.2) is 0 Å². The number of nitrogens with zero attached hydrogens (tertiary/aromatic N) is 3. The molecule has 6 unspecified atom stereocenters. The third kappa shape index (κ3) is 2.63. The van der Waals surface area contributed by atoms with Crippen LogP contribution >= 0.6 is 18.9 Å². The molecule has 0 saturated carbocycles. The number of hydrogen-bond acceptors (Lipinski definition) is 7. The van der Waals surface area contributed by atoms with Gasteiger partial charge in [0.1, 0.15) is 30.7 Å². The molecule has 0 spiro atoms. The Kier molecular flexibility index (Phi) is 4.78. The van der Waals surface area contributed by atoms with Crippen LogP contribution in [0, 0.1) is 10.1 Å². The second-order valence-electron chi connectivity index (χ2n) is 3.84. The molecule has 1 aromatic heterocycles. The first-order chi connectivity index (χ1) is 9.13. The summed E-state index contributed by atoms with van der Waals surface area (Å²) in [5.41, 5.74) is 0. The van der Waals surface area contributed by atoms with Gasteiger partial charge in [-0.15, -0.1) is 0 Å². The summed E-state index contributed by atoms with van der Waals surface area (Å²) in [6.45, 7) is -0.289. The lowest BCUT2D eigenvalue weighted by Gasteiger charge is -2.19. The van der Waals surface area contributed by atoms with Crippen LogP contribution in [0.4, 0.5) is 5.95 Å². The molecule has 106 valence electrons. The lowest BCUT2D eigenvalue weighted by molar-refractivity contribution is -0.398. The number of rotatable bonds is 5. The van der Waals surface area contributed by atoms with Crippen LogP contribution in [-0.2, 0) is 13.8 Å². The van der Waals surface area contributed by atoms with Crippen molar-refractivity contribution < 1.29 is 23.8 Å². The van der Waals surface area contributed by atoms with Crippen LogP contribution in [0.25, 0.3) is 0 Å². The minimum absolute atomic E-state index is 0.289. The standard InChI is InChI=1S/C8H13N3O6P2/c12-3-4-5(16-18)6(17-19)7(15-4)10-2-1-9-8(10)11(13)14/h1-2,4-7,12H,3,18-19H2. The smallest absolute Gasteiger partial charge is 0.394 e. The van der Waals surface area contributed by atoms with E-state index in [2.05, 4.69) is 23.9 Å². The highest BCUT2D eigenvalue weighted by atomic mass is 31.0. The average molecular weight is 309 g/mol. The maximum absolute atomic E-state index is 10.9. The van der Waals surface area contributed by atoms with Crippen LogP contribution in [0.5, 0.6) is 0 Å². The Morgan fingerprint density at radius 3 is 2.74 bits per heavy atom. The zero-order valence-electron chi connectivity index (χ0n) is 9.66. The Labute approximate surface area is 113 Å². The Balaban J connectivity index is 2.33. The summed E-state index contributed by atoms with van der Waals surface area (Å²) >= 11 is 0. The van der Waals surface area contributed by atoms with Gasteiger partial charge in [0.2, 0.25) is 6.23 Å². The molecule has 0 radical (unpaired) electrons. The van der Waals surface area contributed by atoms with E-state index >= 15 is 0 Å². The minimum atomic E-state index is -0.803. The lowest BCUT2D eigenvalue weighted by atomic mass is 10.1. The maximum Gasteiger partial charge on any atom is 0.436 e. The van der Waals surface area contributed by atoms with Gasteiger partial charge in [-0.2, -0.15) is 4.57 Å². The molecule has 0 aliphatic carbocycles. The van der Waals surface area contributed by atoms with E-state index < -0.39 is 29.5 Å². The van der Waals surface area contributed by atoms with Crippen molar-refractivity contribution in [1.29, 1.82) is 0 Å². The molecule has 11 heteroatoms. The first-order valence-corrected chi connectivity index (χ1v) is 6.23. The van der Waals surface area contributed by atoms with Gasteiger partial charge in [-0.1, -0.05) is 4.98 Å². The monoisotopic (exact) mass is 309 g/mol. The van der Waals surface area contributed by atoms with Gasteiger partial charge < -0.3 is 29.0 Å². The van der Waals surface area contributed by atoms with Crippen molar-refractivity contribution in [3.05, 3.63) is 22.5 Å². The van der Waals surface area contributed by atoms with Crippen LogP contribution < -0.4 is 0 Å². The van der Waals surface area contributed by atoms with E-state index in [1.165, 1.54) is 17.0 Å². The van der Waals surface area contributed by atoms with Crippen molar-refractivity contribution in [2.75, 3.05) is 6.61 Å². The van der Waals surface area contributed by atoms with Crippen molar-refractivity contribution >= 4 is 24.9 Å². The quantitative estimate of drug-likeness (QED) is 0.464. The Morgan fingerprint density at radius 1 is 1.53 bits per heavy atom. The summed E-state index contributed by atoms with van der Waals surface area (Å²) in [5, 5.41) is 20.1. The molecule has 9 nitrogen and oxygen atoms in total. The average Bonchev–Trinajstić information content (AvgIpc) is 3.01. The largest absolute Gasteiger partial charge is 0.436 e. The molecular formula is C8H13N3O6P2. The second-order valence-corrected chi connectivity index (χ2v) is 4.39. The van der Waals surface area contributed by atoms with Gasteiger partial charge in [-0.05, 0) is 4.92 Å². The Bertz CT molecular complexity index is 457. The van der Waals surface area contributed by atoms with Crippen LogP contribution in [0.15, 0.2) is 12.4 Å². The fourth-order valence-corrected chi connectivity index (χ4v) is 2.65. The number of nitro groups is 1. The fourth-order valence-electron chi connectivity index (χ4n) is 2.03. The summed E-state index contributed by atoms with van der Waals surface area (Å²) in [7, 11) is 4.14. The predicted octanol–water partition coefficient (Wildman–Crippen LogP) is 0.0316. The first kappa shape index (κ1) is 14.7. The highest BCUT2D eigenvalue weighted by molar-refractivity contribution is 7.10. The van der Waals surface area contributed by atoms with E-state index in [4.69, 9.17) is 13.8 Å². The van der Waals surface area contributed by atoms with E-state index in [1.54, 1.807) is 0 Å². The number of ether oxygens (including phenoxy) is 1. The fraction of sp³-hybridized carbons (Fsp3) is 0.625.